The van der Waals surface area contributed by atoms with Crippen molar-refractivity contribution in [1.82, 2.24) is 5.32 Å². The fraction of sp³-hybridized carbons (Fsp3) is 0.562. The molecule has 19 heavy (non-hydrogen) atoms. The van der Waals surface area contributed by atoms with Gasteiger partial charge >= 0.3 is 0 Å². The van der Waals surface area contributed by atoms with Crippen molar-refractivity contribution in [2.45, 2.75) is 50.6 Å². The van der Waals surface area contributed by atoms with Crippen LogP contribution in [0.5, 0.6) is 0 Å². The smallest absolute Gasteiger partial charge is 0.0656 e. The molecular weight excluding hydrogens is 300 g/mol. The summed E-state index contributed by atoms with van der Waals surface area (Å²) in [7, 11) is 0. The first-order valence-electron chi connectivity index (χ1n) is 7.20. The van der Waals surface area contributed by atoms with Crippen LogP contribution in [0, 0.1) is 17.2 Å². The minimum Gasteiger partial charge on any atom is -0.307 e. The van der Waals surface area contributed by atoms with Gasteiger partial charge in [-0.25, -0.2) is 0 Å². The third-order valence-electron chi connectivity index (χ3n) is 4.48. The van der Waals surface area contributed by atoms with Crippen LogP contribution in [0.2, 0.25) is 0 Å². The van der Waals surface area contributed by atoms with Crippen molar-refractivity contribution in [1.29, 1.82) is 5.26 Å². The molecule has 0 bridgehead atoms. The molecule has 0 unspecified atom stereocenters. The molecule has 1 aromatic rings. The summed E-state index contributed by atoms with van der Waals surface area (Å²) in [5.41, 5.74) is 2.93. The summed E-state index contributed by atoms with van der Waals surface area (Å²) in [6.07, 6.45) is 6.89. The zero-order valence-corrected chi connectivity index (χ0v) is 12.6. The van der Waals surface area contributed by atoms with E-state index in [4.69, 9.17) is 5.26 Å². The van der Waals surface area contributed by atoms with Gasteiger partial charge in [0.2, 0.25) is 0 Å². The van der Waals surface area contributed by atoms with Gasteiger partial charge in [-0.1, -0.05) is 28.4 Å². The molecule has 0 amide bonds. The lowest BCUT2D eigenvalue weighted by Gasteiger charge is -2.29. The van der Waals surface area contributed by atoms with Crippen LogP contribution in [-0.2, 0) is 6.42 Å². The van der Waals surface area contributed by atoms with Crippen molar-refractivity contribution in [3.8, 4) is 6.07 Å². The van der Waals surface area contributed by atoms with E-state index < -0.39 is 0 Å². The molecule has 0 aliphatic heterocycles. The second-order valence-electron chi connectivity index (χ2n) is 5.79. The Kier molecular flexibility index (Phi) is 3.91. The second kappa shape index (κ2) is 5.64. The van der Waals surface area contributed by atoms with Crippen LogP contribution in [-0.4, -0.2) is 6.04 Å². The van der Waals surface area contributed by atoms with E-state index in [1.165, 1.54) is 41.3 Å². The Morgan fingerprint density at radius 1 is 1.26 bits per heavy atom. The molecule has 0 radical (unpaired) electrons. The summed E-state index contributed by atoms with van der Waals surface area (Å²) in [6, 6.07) is 10.1. The fourth-order valence-corrected chi connectivity index (χ4v) is 3.91. The van der Waals surface area contributed by atoms with Gasteiger partial charge in [0, 0.05) is 22.5 Å². The van der Waals surface area contributed by atoms with Crippen LogP contribution in [0.4, 0.5) is 0 Å². The first-order chi connectivity index (χ1) is 9.26. The predicted octanol–water partition coefficient (Wildman–Crippen LogP) is 4.11. The van der Waals surface area contributed by atoms with Crippen LogP contribution >= 0.6 is 15.9 Å². The number of nitriles is 1. The van der Waals surface area contributed by atoms with Gasteiger partial charge in [-0.05, 0) is 55.4 Å². The van der Waals surface area contributed by atoms with Crippen LogP contribution < -0.4 is 5.32 Å². The lowest BCUT2D eigenvalue weighted by atomic mass is 9.86. The first kappa shape index (κ1) is 13.1. The fourth-order valence-electron chi connectivity index (χ4n) is 3.50. The minimum absolute atomic E-state index is 0.261. The van der Waals surface area contributed by atoms with Crippen molar-refractivity contribution in [2.75, 3.05) is 0 Å². The van der Waals surface area contributed by atoms with Crippen LogP contribution in [0.15, 0.2) is 22.7 Å². The zero-order chi connectivity index (χ0) is 13.2. The highest BCUT2D eigenvalue weighted by Crippen LogP contribution is 2.35. The number of nitrogens with one attached hydrogen (secondary N) is 1. The van der Waals surface area contributed by atoms with Crippen LogP contribution in [0.1, 0.15) is 49.3 Å². The summed E-state index contributed by atoms with van der Waals surface area (Å²) in [6.45, 7) is 0. The average molecular weight is 319 g/mol. The lowest BCUT2D eigenvalue weighted by Crippen LogP contribution is -2.35. The van der Waals surface area contributed by atoms with Gasteiger partial charge in [-0.3, -0.25) is 0 Å². The molecule has 3 heteroatoms. The molecule has 1 saturated carbocycles. The third-order valence-corrected chi connectivity index (χ3v) is 4.97. The number of aryl methyl sites for hydroxylation is 1. The number of halogens is 1. The van der Waals surface area contributed by atoms with E-state index in [1.54, 1.807) is 0 Å². The molecule has 0 saturated heterocycles. The van der Waals surface area contributed by atoms with E-state index in [1.807, 2.05) is 0 Å². The maximum atomic E-state index is 9.07. The monoisotopic (exact) mass is 318 g/mol. The third kappa shape index (κ3) is 2.85. The van der Waals surface area contributed by atoms with Gasteiger partial charge < -0.3 is 5.32 Å². The van der Waals surface area contributed by atoms with Crippen LogP contribution in [0.3, 0.4) is 0 Å². The molecule has 100 valence electrons. The van der Waals surface area contributed by atoms with E-state index >= 15 is 0 Å². The molecule has 1 N–H and O–H groups in total. The van der Waals surface area contributed by atoms with Crippen molar-refractivity contribution < 1.29 is 0 Å². The maximum absolute atomic E-state index is 9.07. The highest BCUT2D eigenvalue weighted by molar-refractivity contribution is 9.10. The number of benzene rings is 1. The molecule has 0 aromatic heterocycles. The largest absolute Gasteiger partial charge is 0.307 e. The quantitative estimate of drug-likeness (QED) is 0.890. The first-order valence-corrected chi connectivity index (χ1v) is 7.99. The lowest BCUT2D eigenvalue weighted by molar-refractivity contribution is 0.301. The van der Waals surface area contributed by atoms with Gasteiger partial charge in [0.05, 0.1) is 6.07 Å². The molecule has 2 nitrogen and oxygen atoms in total. The van der Waals surface area contributed by atoms with E-state index in [-0.39, 0.29) is 5.92 Å². The summed E-state index contributed by atoms with van der Waals surface area (Å²) in [4.78, 5) is 0. The van der Waals surface area contributed by atoms with Crippen molar-refractivity contribution >= 4 is 15.9 Å². The van der Waals surface area contributed by atoms with Gasteiger partial charge in [0.25, 0.3) is 0 Å². The molecule has 1 aromatic carbocycles. The van der Waals surface area contributed by atoms with Gasteiger partial charge in [0.15, 0.2) is 0 Å². The topological polar surface area (TPSA) is 35.8 Å². The van der Waals surface area contributed by atoms with E-state index in [2.05, 4.69) is 45.5 Å². The van der Waals surface area contributed by atoms with E-state index in [0.717, 1.165) is 12.8 Å². The SMILES string of the molecule is N#C[C@@H]1CCC[C@H](N[C@@H]2CCc3cc(Br)ccc32)C1. The van der Waals surface area contributed by atoms with Crippen LogP contribution in [0.25, 0.3) is 0 Å². The van der Waals surface area contributed by atoms with Crippen molar-refractivity contribution in [3.63, 3.8) is 0 Å². The molecule has 1 fully saturated rings. The Morgan fingerprint density at radius 2 is 2.16 bits per heavy atom. The van der Waals surface area contributed by atoms with Crippen molar-refractivity contribution in [2.24, 2.45) is 5.92 Å². The Hall–Kier alpha value is -0.850. The number of nitrogens with zero attached hydrogens (tertiary/aromatic N) is 1. The Labute approximate surface area is 123 Å². The molecule has 0 heterocycles. The minimum atomic E-state index is 0.261. The van der Waals surface area contributed by atoms with Gasteiger partial charge in [-0.15, -0.1) is 0 Å². The number of fused-ring (bicyclic) bond motifs is 1. The molecule has 3 rings (SSSR count). The predicted molar refractivity (Wildman–Crippen MR) is 79.7 cm³/mol. The summed E-state index contributed by atoms with van der Waals surface area (Å²) < 4.78 is 1.18. The highest BCUT2D eigenvalue weighted by Gasteiger charge is 2.28. The Balaban J connectivity index is 1.68. The Bertz CT molecular complexity index is 506. The summed E-state index contributed by atoms with van der Waals surface area (Å²) in [5.74, 6) is 0.261. The van der Waals surface area contributed by atoms with Crippen molar-refractivity contribution in [3.05, 3.63) is 33.8 Å². The van der Waals surface area contributed by atoms with Gasteiger partial charge in [0.1, 0.15) is 0 Å². The summed E-state index contributed by atoms with van der Waals surface area (Å²) >= 11 is 3.54. The van der Waals surface area contributed by atoms with E-state index in [9.17, 15) is 0 Å². The Morgan fingerprint density at radius 3 is 3.00 bits per heavy atom. The zero-order valence-electron chi connectivity index (χ0n) is 11.0. The number of rotatable bonds is 2. The molecule has 3 atom stereocenters. The normalized spacial score (nSPS) is 29.8. The molecule has 2 aliphatic rings. The second-order valence-corrected chi connectivity index (χ2v) is 6.71. The maximum Gasteiger partial charge on any atom is 0.0656 e. The summed E-state index contributed by atoms with van der Waals surface area (Å²) in [5, 5.41) is 12.9. The molecule has 0 spiro atoms. The highest BCUT2D eigenvalue weighted by atomic mass is 79.9. The van der Waals surface area contributed by atoms with E-state index in [0.29, 0.717) is 12.1 Å². The molecular formula is C16H19BrN2. The standard InChI is InChI=1S/C16H19BrN2/c17-13-5-6-15-12(9-13)4-7-16(15)19-14-3-1-2-11(8-14)10-18/h5-6,9,11,14,16,19H,1-4,7-8H2/t11-,14+,16-/m1/s1. The molecule has 2 aliphatic carbocycles. The number of hydrogen-bond acceptors (Lipinski definition) is 2. The number of hydrogen-bond donors (Lipinski definition) is 1. The van der Waals surface area contributed by atoms with Gasteiger partial charge in [-0.2, -0.15) is 5.26 Å². The average Bonchev–Trinajstić information content (AvgIpc) is 2.81.